The summed E-state index contributed by atoms with van der Waals surface area (Å²) >= 11 is 0. The number of likely N-dealkylation sites (N-methyl/N-ethyl adjacent to an activating group) is 1. The quantitative estimate of drug-likeness (QED) is 0.792. The lowest BCUT2D eigenvalue weighted by Crippen LogP contribution is -2.40. The fraction of sp³-hybridized carbons (Fsp3) is 0.562. The van der Waals surface area contributed by atoms with E-state index >= 15 is 0 Å². The molecule has 0 atom stereocenters. The van der Waals surface area contributed by atoms with Crippen LogP contribution in [0.3, 0.4) is 0 Å². The third-order valence-electron chi connectivity index (χ3n) is 2.77. The van der Waals surface area contributed by atoms with Crippen molar-refractivity contribution in [2.24, 2.45) is 0 Å². The summed E-state index contributed by atoms with van der Waals surface area (Å²) in [5, 5.41) is 3.27. The van der Waals surface area contributed by atoms with Crippen molar-refractivity contribution in [1.29, 1.82) is 0 Å². The van der Waals surface area contributed by atoms with Gasteiger partial charge in [-0.15, -0.1) is 0 Å². The van der Waals surface area contributed by atoms with Crippen LogP contribution in [0.1, 0.15) is 36.7 Å². The number of carbonyl (C=O) groups excluding carboxylic acids is 1. The van der Waals surface area contributed by atoms with Gasteiger partial charge in [0, 0.05) is 31.7 Å². The van der Waals surface area contributed by atoms with Gasteiger partial charge < -0.3 is 10.2 Å². The topological polar surface area (TPSA) is 32.3 Å². The average Bonchev–Trinajstić information content (AvgIpc) is 2.42. The largest absolute Gasteiger partial charge is 0.314 e. The maximum absolute atomic E-state index is 10.8. The molecular weight excluding hydrogens is 236 g/mol. The van der Waals surface area contributed by atoms with Crippen LogP contribution in [0.4, 0.5) is 0 Å². The van der Waals surface area contributed by atoms with Crippen LogP contribution in [0.2, 0.25) is 0 Å². The molecular formula is C16H28N2O. The third-order valence-corrected chi connectivity index (χ3v) is 2.77. The van der Waals surface area contributed by atoms with Crippen LogP contribution >= 0.6 is 0 Å². The fourth-order valence-electron chi connectivity index (χ4n) is 1.64. The van der Waals surface area contributed by atoms with Gasteiger partial charge in [-0.25, -0.2) is 0 Å². The zero-order chi connectivity index (χ0) is 14.7. The van der Waals surface area contributed by atoms with Crippen LogP contribution in [0.15, 0.2) is 24.3 Å². The Morgan fingerprint density at radius 1 is 1.21 bits per heavy atom. The number of benzene rings is 1. The van der Waals surface area contributed by atoms with Crippen molar-refractivity contribution in [3.63, 3.8) is 0 Å². The van der Waals surface area contributed by atoms with Crippen LogP contribution in [-0.2, 0) is 0 Å². The van der Waals surface area contributed by atoms with Crippen LogP contribution in [0, 0.1) is 6.92 Å². The predicted molar refractivity (Wildman–Crippen MR) is 82.9 cm³/mol. The van der Waals surface area contributed by atoms with E-state index in [1.54, 1.807) is 6.92 Å². The molecule has 0 unspecified atom stereocenters. The predicted octanol–water partition coefficient (Wildman–Crippen LogP) is 2.75. The minimum atomic E-state index is 0.128. The van der Waals surface area contributed by atoms with Gasteiger partial charge >= 0.3 is 0 Å². The van der Waals surface area contributed by atoms with Crippen molar-refractivity contribution in [3.8, 4) is 0 Å². The van der Waals surface area contributed by atoms with Crippen LogP contribution in [-0.4, -0.2) is 43.9 Å². The minimum Gasteiger partial charge on any atom is -0.314 e. The molecule has 2 rings (SSSR count). The number of nitrogens with one attached hydrogen (secondary N) is 1. The lowest BCUT2D eigenvalue weighted by molar-refractivity contribution is 0.101. The second-order valence-corrected chi connectivity index (χ2v) is 4.48. The maximum Gasteiger partial charge on any atom is 0.159 e. The van der Waals surface area contributed by atoms with Gasteiger partial charge in [0.15, 0.2) is 5.78 Å². The average molecular weight is 264 g/mol. The van der Waals surface area contributed by atoms with Crippen molar-refractivity contribution >= 4 is 5.78 Å². The molecule has 0 aromatic heterocycles. The van der Waals surface area contributed by atoms with Gasteiger partial charge in [-0.05, 0) is 27.0 Å². The lowest BCUT2D eigenvalue weighted by atomic mass is 10.1. The van der Waals surface area contributed by atoms with E-state index in [9.17, 15) is 4.79 Å². The summed E-state index contributed by atoms with van der Waals surface area (Å²) in [6, 6.07) is 7.59. The molecule has 1 aliphatic rings. The number of aryl methyl sites for hydroxylation is 1. The van der Waals surface area contributed by atoms with E-state index in [0.717, 1.165) is 24.2 Å². The van der Waals surface area contributed by atoms with E-state index in [-0.39, 0.29) is 5.78 Å². The van der Waals surface area contributed by atoms with Crippen LogP contribution < -0.4 is 5.32 Å². The molecule has 3 nitrogen and oxygen atoms in total. The summed E-state index contributed by atoms with van der Waals surface area (Å²) in [4.78, 5) is 13.1. The van der Waals surface area contributed by atoms with Crippen molar-refractivity contribution in [1.82, 2.24) is 10.2 Å². The van der Waals surface area contributed by atoms with E-state index < -0.39 is 0 Å². The van der Waals surface area contributed by atoms with Gasteiger partial charge in [-0.2, -0.15) is 0 Å². The van der Waals surface area contributed by atoms with Gasteiger partial charge in [0.25, 0.3) is 0 Å². The Hall–Kier alpha value is -1.19. The SMILES string of the molecule is CC.CC(=O)c1cccc(C)c1.CN1CCNCC1. The zero-order valence-corrected chi connectivity index (χ0v) is 13.0. The van der Waals surface area contributed by atoms with Crippen LogP contribution in [0.5, 0.6) is 0 Å². The van der Waals surface area contributed by atoms with Gasteiger partial charge in [-0.3, -0.25) is 4.79 Å². The Morgan fingerprint density at radius 2 is 1.79 bits per heavy atom. The first kappa shape index (κ1) is 17.8. The molecule has 3 heteroatoms. The summed E-state index contributed by atoms with van der Waals surface area (Å²) in [5.41, 5.74) is 1.92. The Bertz CT molecular complexity index is 358. The number of ketones is 1. The third kappa shape index (κ3) is 8.51. The molecule has 1 N–H and O–H groups in total. The molecule has 19 heavy (non-hydrogen) atoms. The molecule has 0 aliphatic carbocycles. The number of nitrogens with zero attached hydrogens (tertiary/aromatic N) is 1. The number of piperazine rings is 1. The Balaban J connectivity index is 0.000000316. The van der Waals surface area contributed by atoms with E-state index in [0.29, 0.717) is 0 Å². The molecule has 0 bridgehead atoms. The Labute approximate surface area is 118 Å². The summed E-state index contributed by atoms with van der Waals surface area (Å²) in [6.07, 6.45) is 0. The summed E-state index contributed by atoms with van der Waals surface area (Å²) in [7, 11) is 2.15. The molecule has 1 aromatic carbocycles. The van der Waals surface area contributed by atoms with E-state index in [4.69, 9.17) is 0 Å². The normalized spacial score (nSPS) is 14.6. The Kier molecular flexibility index (Phi) is 10.0. The highest BCUT2D eigenvalue weighted by molar-refractivity contribution is 5.94. The second-order valence-electron chi connectivity index (χ2n) is 4.48. The van der Waals surface area contributed by atoms with Crippen molar-refractivity contribution in [2.75, 3.05) is 33.2 Å². The standard InChI is InChI=1S/C9H10O.C5H12N2.C2H6/c1-7-4-3-5-9(6-7)8(2)10;1-7-4-2-6-3-5-7;1-2/h3-6H,1-2H3;6H,2-5H2,1H3;1-2H3. The van der Waals surface area contributed by atoms with Gasteiger partial charge in [-0.1, -0.05) is 37.6 Å². The highest BCUT2D eigenvalue weighted by Crippen LogP contribution is 2.03. The smallest absolute Gasteiger partial charge is 0.159 e. The van der Waals surface area contributed by atoms with Gasteiger partial charge in [0.05, 0.1) is 0 Å². The van der Waals surface area contributed by atoms with Gasteiger partial charge in [0.2, 0.25) is 0 Å². The summed E-state index contributed by atoms with van der Waals surface area (Å²) in [6.45, 7) is 12.3. The molecule has 0 amide bonds. The molecule has 1 aliphatic heterocycles. The first-order valence-electron chi connectivity index (χ1n) is 7.06. The summed E-state index contributed by atoms with van der Waals surface area (Å²) in [5.74, 6) is 0.128. The fourth-order valence-corrected chi connectivity index (χ4v) is 1.64. The second kappa shape index (κ2) is 10.7. The number of rotatable bonds is 1. The van der Waals surface area contributed by atoms with Crippen molar-refractivity contribution in [3.05, 3.63) is 35.4 Å². The first-order chi connectivity index (χ1) is 9.09. The zero-order valence-electron chi connectivity index (χ0n) is 13.0. The first-order valence-corrected chi connectivity index (χ1v) is 7.06. The van der Waals surface area contributed by atoms with Crippen LogP contribution in [0.25, 0.3) is 0 Å². The van der Waals surface area contributed by atoms with E-state index in [1.807, 2.05) is 45.0 Å². The highest BCUT2D eigenvalue weighted by atomic mass is 16.1. The summed E-state index contributed by atoms with van der Waals surface area (Å²) < 4.78 is 0. The minimum absolute atomic E-state index is 0.128. The number of Topliss-reactive ketones (excluding diaryl/α,β-unsaturated/α-hetero) is 1. The maximum atomic E-state index is 10.8. The number of carbonyl (C=O) groups is 1. The molecule has 0 spiro atoms. The highest BCUT2D eigenvalue weighted by Gasteiger charge is 2.01. The number of hydrogen-bond donors (Lipinski definition) is 1. The molecule has 1 heterocycles. The van der Waals surface area contributed by atoms with Crippen molar-refractivity contribution in [2.45, 2.75) is 27.7 Å². The monoisotopic (exact) mass is 264 g/mol. The van der Waals surface area contributed by atoms with E-state index in [1.165, 1.54) is 13.1 Å². The molecule has 1 aromatic rings. The van der Waals surface area contributed by atoms with E-state index in [2.05, 4.69) is 17.3 Å². The lowest BCUT2D eigenvalue weighted by Gasteiger charge is -2.21. The molecule has 1 saturated heterocycles. The van der Waals surface area contributed by atoms with Crippen molar-refractivity contribution < 1.29 is 4.79 Å². The molecule has 108 valence electrons. The van der Waals surface area contributed by atoms with Gasteiger partial charge in [0.1, 0.15) is 0 Å². The Morgan fingerprint density at radius 3 is 2.11 bits per heavy atom. The molecule has 0 saturated carbocycles. The number of hydrogen-bond acceptors (Lipinski definition) is 3. The molecule has 1 fully saturated rings. The molecule has 0 radical (unpaired) electrons.